The van der Waals surface area contributed by atoms with Crippen molar-refractivity contribution in [1.82, 2.24) is 17.2 Å². The summed E-state index contributed by atoms with van der Waals surface area (Å²) in [5, 5.41) is 0. The van der Waals surface area contributed by atoms with E-state index in [0.717, 1.165) is 67.3 Å². The second-order valence-electron chi connectivity index (χ2n) is 22.7. The first-order valence-electron chi connectivity index (χ1n) is 30.7. The van der Waals surface area contributed by atoms with Crippen molar-refractivity contribution in [2.45, 2.75) is 110 Å². The van der Waals surface area contributed by atoms with Crippen LogP contribution in [0.3, 0.4) is 0 Å². The van der Waals surface area contributed by atoms with Crippen LogP contribution < -0.4 is 19.6 Å². The molecule has 0 saturated carbocycles. The Morgan fingerprint density at radius 1 is 0.238 bits per heavy atom. The van der Waals surface area contributed by atoms with Crippen molar-refractivity contribution in [2.24, 2.45) is 0 Å². The molecule has 8 aromatic carbocycles. The average molecular weight is 1470 g/mol. The van der Waals surface area contributed by atoms with Gasteiger partial charge in [0.2, 0.25) is 63.7 Å². The number of rotatable bonds is 20. The summed E-state index contributed by atoms with van der Waals surface area (Å²) in [5.74, 6) is 0.165. The fourth-order valence-corrected chi connectivity index (χ4v) is 12.9. The Morgan fingerprint density at radius 3 is 0.693 bits per heavy atom. The molecule has 0 N–H and O–H groups in total. The van der Waals surface area contributed by atoms with Crippen LogP contribution in [-0.2, 0) is 59.3 Å². The number of benzene rings is 8. The zero-order valence-electron chi connectivity index (χ0n) is 57.4. The van der Waals surface area contributed by atoms with Crippen molar-refractivity contribution in [3.63, 3.8) is 0 Å². The molecule has 0 heterocycles. The second-order valence-corrected chi connectivity index (χ2v) is 31.3. The van der Waals surface area contributed by atoms with Gasteiger partial charge >= 0.3 is 0 Å². The lowest BCUT2D eigenvalue weighted by Crippen LogP contribution is -2.24. The van der Waals surface area contributed by atoms with Gasteiger partial charge in [-0.15, -0.1) is 0 Å². The number of carbonyl (C=O) groups is 4. The van der Waals surface area contributed by atoms with Gasteiger partial charge in [0, 0.05) is 133 Å². The highest BCUT2D eigenvalue weighted by molar-refractivity contribution is 7.90. The molecule has 0 radical (unpaired) electrons. The van der Waals surface area contributed by atoms with E-state index in [1.54, 1.807) is 133 Å². The lowest BCUT2D eigenvalue weighted by atomic mass is 10.0. The van der Waals surface area contributed by atoms with E-state index in [0.29, 0.717) is 25.7 Å². The predicted octanol–water partition coefficient (Wildman–Crippen LogP) is 15.1. The molecular weight excluding hydrogens is 1360 g/mol. The van der Waals surface area contributed by atoms with Gasteiger partial charge in [-0.1, -0.05) is 162 Å². The molecule has 8 rings (SSSR count). The number of anilines is 4. The Hall–Kier alpha value is -8.72. The average Bonchev–Trinajstić information content (AvgIpc) is 0.823. The number of hydrogen-bond acceptors (Lipinski definition) is 12. The minimum atomic E-state index is -3.48. The Balaban J connectivity index is 0.00000130. The van der Waals surface area contributed by atoms with Crippen LogP contribution in [-0.4, -0.2) is 159 Å². The Labute approximate surface area is 605 Å². The largest absolute Gasteiger partial charge is 0.316 e. The Morgan fingerprint density at radius 2 is 0.436 bits per heavy atom. The minimum Gasteiger partial charge on any atom is -0.316 e. The highest BCUT2D eigenvalue weighted by Gasteiger charge is 2.22. The van der Waals surface area contributed by atoms with E-state index in [9.17, 15) is 52.8 Å². The third-order valence-electron chi connectivity index (χ3n) is 15.5. The van der Waals surface area contributed by atoms with Gasteiger partial charge in [-0.2, -0.15) is 0 Å². The summed E-state index contributed by atoms with van der Waals surface area (Å²) in [6.45, 7) is 7.30. The molecular formula is C77H108N8O12S4. The molecule has 552 valence electrons. The first-order chi connectivity index (χ1) is 45.1. The van der Waals surface area contributed by atoms with E-state index in [1.807, 2.05) is 137 Å². The first-order valence-corrected chi connectivity index (χ1v) is 36.4. The van der Waals surface area contributed by atoms with E-state index in [1.165, 1.54) is 73.6 Å². The van der Waals surface area contributed by atoms with Crippen LogP contribution in [0.2, 0.25) is 0 Å². The molecule has 0 aliphatic rings. The number of nitrogens with zero attached hydrogens (tertiary/aromatic N) is 8. The summed E-state index contributed by atoms with van der Waals surface area (Å²) in [7, 11) is 5.25. The van der Waals surface area contributed by atoms with E-state index >= 15 is 0 Å². The Kier molecular flexibility index (Phi) is 37.1. The zero-order valence-corrected chi connectivity index (χ0v) is 60.7. The lowest BCUT2D eigenvalue weighted by Gasteiger charge is -2.17. The van der Waals surface area contributed by atoms with Gasteiger partial charge in [-0.3, -0.25) is 19.2 Å². The maximum Gasteiger partial charge on any atom is 0.242 e. The molecule has 0 bridgehead atoms. The molecule has 4 amide bonds. The monoisotopic (exact) mass is 1460 g/mol. The summed E-state index contributed by atoms with van der Waals surface area (Å²) in [5.41, 5.74) is 10.3. The lowest BCUT2D eigenvalue weighted by molar-refractivity contribution is -0.118. The van der Waals surface area contributed by atoms with Gasteiger partial charge in [0.25, 0.3) is 0 Å². The standard InChI is InChI=1S/4C18H22N2O3S.5CH4/c1-5-18(21)20(4)16-10-6-14(7-11-16)15-8-12-17(13-9-15)24(22,23)19(2)3;1-5-18(21)20(4)16-10-6-8-14(12-16)15-9-7-11-17(13-15)24(22,23)19(2)3;1-5-18(21)20(4)16-11-9-14(10-12-16)15-7-6-8-17(13-15)24(22,23)19(2)3;1-5-18(21)20(4)16-8-6-7-15(13-16)14-9-11-17(12-10-14)24(22,23)19(2)3;;;;;/h4*6-13H,5H2,1-4H3;5*1H4. The summed E-state index contributed by atoms with van der Waals surface area (Å²) in [6.07, 6.45) is 1.78. The van der Waals surface area contributed by atoms with Gasteiger partial charge in [-0.25, -0.2) is 50.9 Å². The second kappa shape index (κ2) is 40.7. The summed E-state index contributed by atoms with van der Waals surface area (Å²) < 4.78 is 102. The number of amides is 4. The van der Waals surface area contributed by atoms with Crippen molar-refractivity contribution < 1.29 is 52.8 Å². The van der Waals surface area contributed by atoms with Gasteiger partial charge in [0.1, 0.15) is 0 Å². The van der Waals surface area contributed by atoms with E-state index < -0.39 is 40.1 Å². The van der Waals surface area contributed by atoms with Gasteiger partial charge in [-0.05, 0) is 142 Å². The maximum absolute atomic E-state index is 12.3. The highest BCUT2D eigenvalue weighted by Crippen LogP contribution is 2.31. The SMILES string of the molecule is C.C.C.C.C.CCC(=O)N(C)c1ccc(-c2ccc(S(=O)(=O)N(C)C)cc2)cc1.CCC(=O)N(C)c1ccc(-c2cccc(S(=O)(=O)N(C)C)c2)cc1.CCC(=O)N(C)c1cccc(-c2ccc(S(=O)(=O)N(C)C)cc2)c1.CCC(=O)N(C)c1cccc(-c2cccc(S(=O)(=O)N(C)C)c2)c1. The molecule has 0 spiro atoms. The van der Waals surface area contributed by atoms with Crippen LogP contribution in [0, 0.1) is 0 Å². The summed E-state index contributed by atoms with van der Waals surface area (Å²) >= 11 is 0. The molecule has 0 unspecified atom stereocenters. The van der Waals surface area contributed by atoms with Crippen LogP contribution in [0.1, 0.15) is 90.5 Å². The molecule has 0 saturated heterocycles. The molecule has 0 atom stereocenters. The fraction of sp³-hybridized carbons (Fsp3) is 0.325. The van der Waals surface area contributed by atoms with Crippen LogP contribution >= 0.6 is 0 Å². The van der Waals surface area contributed by atoms with Gasteiger partial charge in [0.15, 0.2) is 0 Å². The molecule has 0 aromatic heterocycles. The predicted molar refractivity (Wildman–Crippen MR) is 419 cm³/mol. The topological polar surface area (TPSA) is 231 Å². The number of carbonyl (C=O) groups excluding carboxylic acids is 4. The van der Waals surface area contributed by atoms with Crippen LogP contribution in [0.5, 0.6) is 0 Å². The van der Waals surface area contributed by atoms with Crippen LogP contribution in [0.25, 0.3) is 44.5 Å². The number of sulfonamides is 4. The molecule has 101 heavy (non-hydrogen) atoms. The quantitative estimate of drug-likeness (QED) is 0.0693. The first kappa shape index (κ1) is 92.3. The molecule has 0 aliphatic heterocycles. The molecule has 0 aliphatic carbocycles. The molecule has 8 aromatic rings. The smallest absolute Gasteiger partial charge is 0.242 e. The van der Waals surface area contributed by atoms with Crippen molar-refractivity contribution in [2.75, 3.05) is 104 Å². The van der Waals surface area contributed by atoms with Crippen molar-refractivity contribution in [3.05, 3.63) is 194 Å². The minimum absolute atomic E-state index is 0. The fourth-order valence-electron chi connectivity index (χ4n) is 9.22. The molecule has 20 nitrogen and oxygen atoms in total. The van der Waals surface area contributed by atoms with Crippen LogP contribution in [0.4, 0.5) is 22.7 Å². The molecule has 24 heteroatoms. The van der Waals surface area contributed by atoms with E-state index in [4.69, 9.17) is 0 Å². The highest BCUT2D eigenvalue weighted by atomic mass is 32.2. The Bertz CT molecular complexity index is 4460. The van der Waals surface area contributed by atoms with Crippen molar-refractivity contribution in [1.29, 1.82) is 0 Å². The number of hydrogen-bond donors (Lipinski definition) is 0. The van der Waals surface area contributed by atoms with Crippen molar-refractivity contribution >= 4 is 86.5 Å². The van der Waals surface area contributed by atoms with Crippen molar-refractivity contribution in [3.8, 4) is 44.5 Å². The third kappa shape index (κ3) is 23.7. The maximum atomic E-state index is 12.3. The van der Waals surface area contributed by atoms with Crippen LogP contribution in [0.15, 0.2) is 214 Å². The summed E-state index contributed by atoms with van der Waals surface area (Å²) in [6, 6.07) is 57.4. The van der Waals surface area contributed by atoms with Gasteiger partial charge in [0.05, 0.1) is 19.6 Å². The summed E-state index contributed by atoms with van der Waals surface area (Å²) in [4.78, 5) is 54.6. The van der Waals surface area contributed by atoms with E-state index in [-0.39, 0.29) is 80.3 Å². The normalized spacial score (nSPS) is 11.0. The molecule has 0 fully saturated rings. The van der Waals surface area contributed by atoms with Gasteiger partial charge < -0.3 is 19.6 Å². The van der Waals surface area contributed by atoms with E-state index in [2.05, 4.69) is 0 Å². The third-order valence-corrected chi connectivity index (χ3v) is 22.8. The zero-order chi connectivity index (χ0) is 71.6.